The van der Waals surface area contributed by atoms with Crippen LogP contribution in [0.25, 0.3) is 0 Å². The number of carbonyl (C=O) groups excluding carboxylic acids is 1. The van der Waals surface area contributed by atoms with Crippen molar-refractivity contribution in [2.24, 2.45) is 11.8 Å². The van der Waals surface area contributed by atoms with Crippen LogP contribution in [0.1, 0.15) is 56.4 Å². The predicted molar refractivity (Wildman–Crippen MR) is 92.7 cm³/mol. The minimum Gasteiger partial charge on any atom is -0.481 e. The quantitative estimate of drug-likeness (QED) is 0.917. The van der Waals surface area contributed by atoms with Gasteiger partial charge in [0.05, 0.1) is 5.92 Å². The number of piperidine rings is 1. The van der Waals surface area contributed by atoms with Crippen molar-refractivity contribution < 1.29 is 14.7 Å². The summed E-state index contributed by atoms with van der Waals surface area (Å²) in [5.41, 5.74) is 1.42. The van der Waals surface area contributed by atoms with Gasteiger partial charge in [0.1, 0.15) is 0 Å². The van der Waals surface area contributed by atoms with Crippen molar-refractivity contribution in [2.75, 3.05) is 13.1 Å². The molecule has 1 aliphatic carbocycles. The maximum atomic E-state index is 12.5. The number of amides is 1. The summed E-state index contributed by atoms with van der Waals surface area (Å²) in [5, 5.41) is 9.16. The van der Waals surface area contributed by atoms with Crippen molar-refractivity contribution in [1.82, 2.24) is 4.90 Å². The molecule has 1 saturated carbocycles. The summed E-state index contributed by atoms with van der Waals surface area (Å²) in [6, 6.07) is 10.7. The number of hydrogen-bond acceptors (Lipinski definition) is 2. The molecule has 0 radical (unpaired) electrons. The third-order valence-electron chi connectivity index (χ3n) is 5.70. The summed E-state index contributed by atoms with van der Waals surface area (Å²) in [5.74, 6) is 0.100. The third kappa shape index (κ3) is 4.16. The third-order valence-corrected chi connectivity index (χ3v) is 5.70. The van der Waals surface area contributed by atoms with Gasteiger partial charge in [0, 0.05) is 19.5 Å². The molecule has 1 aromatic carbocycles. The molecule has 2 fully saturated rings. The summed E-state index contributed by atoms with van der Waals surface area (Å²) >= 11 is 0. The second-order valence-electron chi connectivity index (χ2n) is 7.35. The lowest BCUT2D eigenvalue weighted by atomic mass is 9.77. The average Bonchev–Trinajstić information content (AvgIpc) is 2.63. The Bertz CT molecular complexity index is 564. The molecule has 1 aromatic rings. The maximum Gasteiger partial charge on any atom is 0.308 e. The van der Waals surface area contributed by atoms with Gasteiger partial charge >= 0.3 is 5.97 Å². The fourth-order valence-corrected chi connectivity index (χ4v) is 4.21. The van der Waals surface area contributed by atoms with Crippen LogP contribution in [0.4, 0.5) is 0 Å². The Labute approximate surface area is 143 Å². The topological polar surface area (TPSA) is 57.6 Å². The average molecular weight is 329 g/mol. The zero-order valence-corrected chi connectivity index (χ0v) is 14.2. The number of hydrogen-bond donors (Lipinski definition) is 1. The monoisotopic (exact) mass is 329 g/mol. The molecular weight excluding hydrogens is 302 g/mol. The van der Waals surface area contributed by atoms with E-state index in [0.29, 0.717) is 31.2 Å². The Morgan fingerprint density at radius 1 is 1.04 bits per heavy atom. The van der Waals surface area contributed by atoms with Crippen LogP contribution in [0.3, 0.4) is 0 Å². The van der Waals surface area contributed by atoms with Gasteiger partial charge in [0.15, 0.2) is 0 Å². The van der Waals surface area contributed by atoms with Crippen LogP contribution in [0.2, 0.25) is 0 Å². The number of carbonyl (C=O) groups is 2. The van der Waals surface area contributed by atoms with Crippen molar-refractivity contribution in [3.05, 3.63) is 35.9 Å². The van der Waals surface area contributed by atoms with Crippen LogP contribution in [0.15, 0.2) is 30.3 Å². The highest BCUT2D eigenvalue weighted by Crippen LogP contribution is 2.37. The smallest absolute Gasteiger partial charge is 0.308 e. The van der Waals surface area contributed by atoms with Crippen molar-refractivity contribution >= 4 is 11.9 Å². The summed E-state index contributed by atoms with van der Waals surface area (Å²) in [4.78, 5) is 25.4. The van der Waals surface area contributed by atoms with E-state index < -0.39 is 5.97 Å². The highest BCUT2D eigenvalue weighted by atomic mass is 16.4. The maximum absolute atomic E-state index is 12.5. The van der Waals surface area contributed by atoms with Gasteiger partial charge in [-0.15, -0.1) is 0 Å². The normalized spacial score (nSPS) is 27.7. The molecule has 130 valence electrons. The molecule has 3 rings (SSSR count). The van der Waals surface area contributed by atoms with E-state index in [0.717, 1.165) is 38.6 Å². The number of benzene rings is 1. The highest BCUT2D eigenvalue weighted by Gasteiger charge is 2.30. The molecule has 1 amide bonds. The molecule has 1 aliphatic heterocycles. The molecule has 1 unspecified atom stereocenters. The Hall–Kier alpha value is -1.84. The number of aliphatic carboxylic acids is 1. The van der Waals surface area contributed by atoms with E-state index in [1.54, 1.807) is 4.90 Å². The first-order valence-corrected chi connectivity index (χ1v) is 9.19. The first kappa shape index (κ1) is 17.0. The highest BCUT2D eigenvalue weighted by molar-refractivity contribution is 5.78. The number of rotatable bonds is 4. The Kier molecular flexibility index (Phi) is 5.54. The summed E-state index contributed by atoms with van der Waals surface area (Å²) in [6.45, 7) is 1.12. The molecule has 1 heterocycles. The fraction of sp³-hybridized carbons (Fsp3) is 0.600. The second-order valence-corrected chi connectivity index (χ2v) is 7.35. The van der Waals surface area contributed by atoms with Crippen molar-refractivity contribution in [3.63, 3.8) is 0 Å². The van der Waals surface area contributed by atoms with Crippen molar-refractivity contribution in [3.8, 4) is 0 Å². The second kappa shape index (κ2) is 7.82. The molecule has 24 heavy (non-hydrogen) atoms. The molecule has 1 saturated heterocycles. The minimum atomic E-state index is -0.768. The molecule has 4 heteroatoms. The SMILES string of the molecule is O=C(O)C1CCCN(C(=O)CC2CCC(c3ccccc3)CC2)C1. The van der Waals surface area contributed by atoms with Crippen LogP contribution < -0.4 is 0 Å². The summed E-state index contributed by atoms with van der Waals surface area (Å²) in [7, 11) is 0. The number of nitrogens with zero attached hydrogens (tertiary/aromatic N) is 1. The van der Waals surface area contributed by atoms with Crippen LogP contribution >= 0.6 is 0 Å². The van der Waals surface area contributed by atoms with Gasteiger partial charge in [-0.3, -0.25) is 9.59 Å². The van der Waals surface area contributed by atoms with E-state index in [4.69, 9.17) is 5.11 Å². The largest absolute Gasteiger partial charge is 0.481 e. The van der Waals surface area contributed by atoms with Gasteiger partial charge in [-0.25, -0.2) is 0 Å². The lowest BCUT2D eigenvalue weighted by molar-refractivity contribution is -0.146. The van der Waals surface area contributed by atoms with E-state index in [1.165, 1.54) is 5.56 Å². The Balaban J connectivity index is 1.47. The van der Waals surface area contributed by atoms with Crippen LogP contribution in [-0.4, -0.2) is 35.0 Å². The number of likely N-dealkylation sites (tertiary alicyclic amines) is 1. The first-order valence-electron chi connectivity index (χ1n) is 9.19. The van der Waals surface area contributed by atoms with E-state index in [9.17, 15) is 9.59 Å². The van der Waals surface area contributed by atoms with E-state index in [1.807, 2.05) is 0 Å². The standard InChI is InChI=1S/C20H27NO3/c22-19(21-12-4-7-18(14-21)20(23)24)13-15-8-10-17(11-9-15)16-5-2-1-3-6-16/h1-3,5-6,15,17-18H,4,7-14H2,(H,23,24). The Morgan fingerprint density at radius 3 is 2.42 bits per heavy atom. The summed E-state index contributed by atoms with van der Waals surface area (Å²) in [6.07, 6.45) is 6.60. The Morgan fingerprint density at radius 2 is 1.75 bits per heavy atom. The fourth-order valence-electron chi connectivity index (χ4n) is 4.21. The zero-order chi connectivity index (χ0) is 16.9. The van der Waals surface area contributed by atoms with Gasteiger partial charge in [-0.1, -0.05) is 30.3 Å². The van der Waals surface area contributed by atoms with Gasteiger partial charge < -0.3 is 10.0 Å². The van der Waals surface area contributed by atoms with Gasteiger partial charge in [-0.05, 0) is 55.9 Å². The first-order chi connectivity index (χ1) is 11.6. The predicted octanol–water partition coefficient (Wildman–Crippen LogP) is 3.67. The molecule has 1 atom stereocenters. The van der Waals surface area contributed by atoms with E-state index >= 15 is 0 Å². The van der Waals surface area contributed by atoms with Crippen LogP contribution in [0.5, 0.6) is 0 Å². The van der Waals surface area contributed by atoms with Gasteiger partial charge in [-0.2, -0.15) is 0 Å². The molecular formula is C20H27NO3. The molecule has 2 aliphatic rings. The van der Waals surface area contributed by atoms with Gasteiger partial charge in [0.2, 0.25) is 5.91 Å². The lowest BCUT2D eigenvalue weighted by Crippen LogP contribution is -2.43. The van der Waals surface area contributed by atoms with Gasteiger partial charge in [0.25, 0.3) is 0 Å². The number of carboxylic acids is 1. The molecule has 4 nitrogen and oxygen atoms in total. The van der Waals surface area contributed by atoms with Crippen molar-refractivity contribution in [2.45, 2.75) is 50.9 Å². The van der Waals surface area contributed by atoms with Crippen molar-refractivity contribution in [1.29, 1.82) is 0 Å². The molecule has 1 N–H and O–H groups in total. The lowest BCUT2D eigenvalue weighted by Gasteiger charge is -2.33. The van der Waals surface area contributed by atoms with E-state index in [2.05, 4.69) is 30.3 Å². The summed E-state index contributed by atoms with van der Waals surface area (Å²) < 4.78 is 0. The molecule has 0 spiro atoms. The van der Waals surface area contributed by atoms with E-state index in [-0.39, 0.29) is 11.8 Å². The molecule has 0 aromatic heterocycles. The minimum absolute atomic E-state index is 0.157. The zero-order valence-electron chi connectivity index (χ0n) is 14.2. The molecule has 0 bridgehead atoms. The van der Waals surface area contributed by atoms with Crippen LogP contribution in [-0.2, 0) is 9.59 Å². The van der Waals surface area contributed by atoms with Crippen LogP contribution in [0, 0.1) is 11.8 Å². The number of carboxylic acid groups (broad SMARTS) is 1.